The summed E-state index contributed by atoms with van der Waals surface area (Å²) in [4.78, 5) is 0. The maximum Gasteiger partial charge on any atom is 0.00667 e. The highest BCUT2D eigenvalue weighted by Gasteiger charge is 1.75. The van der Waals surface area contributed by atoms with Crippen LogP contribution in [0.25, 0.3) is 0 Å². The van der Waals surface area contributed by atoms with Gasteiger partial charge in [-0.25, -0.2) is 0 Å². The van der Waals surface area contributed by atoms with E-state index in [9.17, 15) is 0 Å². The summed E-state index contributed by atoms with van der Waals surface area (Å²) in [5, 5.41) is 0. The molecule has 37 valence electrons. The third kappa shape index (κ3) is 4.22. The molecule has 0 nitrogen and oxygen atoms in total. The summed E-state index contributed by atoms with van der Waals surface area (Å²) in [7, 11) is 1.28. The molecule has 0 rings (SSSR count). The number of rotatable bonds is 3. The van der Waals surface area contributed by atoms with Crippen molar-refractivity contribution in [3.63, 3.8) is 0 Å². The molecule has 0 aromatic heterocycles. The Bertz CT molecular complexity index is 15.9. The lowest BCUT2D eigenvalue weighted by molar-refractivity contribution is 0.805. The van der Waals surface area contributed by atoms with Crippen molar-refractivity contribution in [1.82, 2.24) is 0 Å². The molecule has 0 aliphatic carbocycles. The van der Waals surface area contributed by atoms with Crippen molar-refractivity contribution in [1.29, 1.82) is 0 Å². The fourth-order valence-electron chi connectivity index (χ4n) is 0.408. The largest absolute Gasteiger partial charge is 0.0654 e. The van der Waals surface area contributed by atoms with Gasteiger partial charge in [-0.05, 0) is 0 Å². The van der Waals surface area contributed by atoms with Crippen molar-refractivity contribution >= 4 is 10.2 Å². The lowest BCUT2D eigenvalue weighted by Gasteiger charge is -1.85. The molecular formula is C5H13Si. The number of unbranched alkanes of at least 4 members (excludes halogenated alkanes) is 2. The van der Waals surface area contributed by atoms with Crippen LogP contribution in [0.5, 0.6) is 0 Å². The Hall–Kier alpha value is 0.217. The van der Waals surface area contributed by atoms with Crippen molar-refractivity contribution in [2.75, 3.05) is 0 Å². The summed E-state index contributed by atoms with van der Waals surface area (Å²) in [5.74, 6) is 0. The maximum atomic E-state index is 2.35. The van der Waals surface area contributed by atoms with Gasteiger partial charge in [0.15, 0.2) is 0 Å². The van der Waals surface area contributed by atoms with Gasteiger partial charge in [-0.2, -0.15) is 0 Å². The summed E-state index contributed by atoms with van der Waals surface area (Å²) in [6.07, 6.45) is 4.09. The molecule has 0 aliphatic rings. The summed E-state index contributed by atoms with van der Waals surface area (Å²) in [6, 6.07) is 2.35. The lowest BCUT2D eigenvalue weighted by Crippen LogP contribution is -1.72. The zero-order valence-electron chi connectivity index (χ0n) is 4.70. The van der Waals surface area contributed by atoms with E-state index in [1.807, 2.05) is 0 Å². The van der Waals surface area contributed by atoms with Crippen LogP contribution in [0.3, 0.4) is 0 Å². The highest BCUT2D eigenvalue weighted by Crippen LogP contribution is 1.92. The second-order valence-electron chi connectivity index (χ2n) is 1.55. The van der Waals surface area contributed by atoms with Gasteiger partial charge in [-0.1, -0.05) is 32.2 Å². The second kappa shape index (κ2) is 5.22. The van der Waals surface area contributed by atoms with Gasteiger partial charge in [-0.3, -0.25) is 0 Å². The Labute approximate surface area is 43.4 Å². The molecule has 0 saturated carbocycles. The van der Waals surface area contributed by atoms with Crippen LogP contribution in [0.15, 0.2) is 0 Å². The molecule has 0 amide bonds. The molecule has 0 aromatic rings. The molecule has 1 heteroatoms. The van der Waals surface area contributed by atoms with E-state index in [1.165, 1.54) is 29.5 Å². The summed E-state index contributed by atoms with van der Waals surface area (Å²) in [5.41, 5.74) is 0. The fourth-order valence-corrected chi connectivity index (χ4v) is 0.816. The van der Waals surface area contributed by atoms with E-state index in [4.69, 9.17) is 0 Å². The molecule has 6 heavy (non-hydrogen) atoms. The molecule has 0 heterocycles. The van der Waals surface area contributed by atoms with Crippen LogP contribution in [0.2, 0.25) is 0 Å². The number of hydrogen-bond donors (Lipinski definition) is 0. The van der Waals surface area contributed by atoms with E-state index >= 15 is 0 Å². The minimum Gasteiger partial charge on any atom is -0.0654 e. The molecule has 0 spiro atoms. The molecular weight excluding hydrogens is 88.1 g/mol. The monoisotopic (exact) mass is 101 g/mol. The molecule has 0 aromatic carbocycles. The van der Waals surface area contributed by atoms with Crippen LogP contribution in [-0.2, 0) is 0 Å². The zero-order valence-corrected chi connectivity index (χ0v) is 6.70. The average molecular weight is 101 g/mol. The van der Waals surface area contributed by atoms with Gasteiger partial charge in [0.05, 0.1) is 0 Å². The Balaban J connectivity index is 2.34. The van der Waals surface area contributed by atoms with Crippen LogP contribution in [0.4, 0.5) is 0 Å². The first-order valence-corrected chi connectivity index (χ1v) is 3.85. The van der Waals surface area contributed by atoms with Crippen molar-refractivity contribution in [2.24, 2.45) is 0 Å². The highest BCUT2D eigenvalue weighted by molar-refractivity contribution is 6.14. The van der Waals surface area contributed by atoms with Gasteiger partial charge >= 0.3 is 0 Å². The minimum absolute atomic E-state index is 1.28. The Morgan fingerprint density at radius 1 is 1.67 bits per heavy atom. The van der Waals surface area contributed by atoms with Crippen LogP contribution < -0.4 is 0 Å². The first-order valence-electron chi connectivity index (χ1n) is 2.69. The first-order chi connectivity index (χ1) is 2.91. The topological polar surface area (TPSA) is 0 Å². The number of hydrogen-bond acceptors (Lipinski definition) is 0. The van der Waals surface area contributed by atoms with Gasteiger partial charge in [0.25, 0.3) is 0 Å². The minimum atomic E-state index is 1.28. The van der Waals surface area contributed by atoms with Gasteiger partial charge in [0.2, 0.25) is 0 Å². The van der Waals surface area contributed by atoms with Crippen molar-refractivity contribution in [2.45, 2.75) is 26.2 Å². The van der Waals surface area contributed by atoms with Gasteiger partial charge in [-0.15, -0.1) is 0 Å². The average Bonchev–Trinajstić information content (AvgIpc) is 1.61. The van der Waals surface area contributed by atoms with Crippen LogP contribution >= 0.6 is 0 Å². The Morgan fingerprint density at radius 2 is 2.33 bits per heavy atom. The van der Waals surface area contributed by atoms with Gasteiger partial charge in [0, 0.05) is 10.2 Å². The van der Waals surface area contributed by atoms with Gasteiger partial charge in [0.1, 0.15) is 0 Å². The molecule has 0 N–H and O–H groups in total. The molecule has 0 atom stereocenters. The molecule has 1 radical (unpaired) electrons. The van der Waals surface area contributed by atoms with E-state index in [1.54, 1.807) is 0 Å². The third-order valence-corrected chi connectivity index (χ3v) is 1.42. The van der Waals surface area contributed by atoms with Crippen molar-refractivity contribution < 1.29 is 0 Å². The maximum absolute atomic E-state index is 2.35. The van der Waals surface area contributed by atoms with Crippen molar-refractivity contribution in [3.05, 3.63) is 6.04 Å². The van der Waals surface area contributed by atoms with E-state index in [2.05, 4.69) is 13.0 Å². The summed E-state index contributed by atoms with van der Waals surface area (Å²) < 4.78 is 0. The van der Waals surface area contributed by atoms with Crippen LogP contribution in [0, 0.1) is 6.04 Å². The summed E-state index contributed by atoms with van der Waals surface area (Å²) in [6.45, 7) is 2.23. The Kier molecular flexibility index (Phi) is 5.41. The first kappa shape index (κ1) is 6.22. The van der Waals surface area contributed by atoms with Crippen LogP contribution in [0.1, 0.15) is 26.2 Å². The SMILES string of the molecule is CCCC[CH][SiH3]. The van der Waals surface area contributed by atoms with E-state index in [0.29, 0.717) is 0 Å². The Morgan fingerprint density at radius 3 is 2.50 bits per heavy atom. The van der Waals surface area contributed by atoms with E-state index in [-0.39, 0.29) is 0 Å². The van der Waals surface area contributed by atoms with Crippen LogP contribution in [-0.4, -0.2) is 10.2 Å². The summed E-state index contributed by atoms with van der Waals surface area (Å²) >= 11 is 0. The highest BCUT2D eigenvalue weighted by atomic mass is 28.1. The van der Waals surface area contributed by atoms with E-state index < -0.39 is 0 Å². The molecule has 0 unspecified atom stereocenters. The van der Waals surface area contributed by atoms with Crippen molar-refractivity contribution in [3.8, 4) is 0 Å². The molecule has 0 bridgehead atoms. The normalized spacial score (nSPS) is 9.50. The quantitative estimate of drug-likeness (QED) is 0.363. The smallest absolute Gasteiger partial charge is 0.00667 e. The zero-order chi connectivity index (χ0) is 4.83. The molecule has 0 saturated heterocycles. The van der Waals surface area contributed by atoms with Gasteiger partial charge < -0.3 is 0 Å². The van der Waals surface area contributed by atoms with E-state index in [0.717, 1.165) is 0 Å². The standard InChI is InChI=1S/C5H13Si/c1-2-3-4-5-6/h5H,2-4H2,1,6H3. The predicted octanol–water partition coefficient (Wildman–Crippen LogP) is 0.704. The fraction of sp³-hybridized carbons (Fsp3) is 0.800. The predicted molar refractivity (Wildman–Crippen MR) is 33.8 cm³/mol. The molecule has 0 aliphatic heterocycles. The lowest BCUT2D eigenvalue weighted by atomic mass is 10.3. The molecule has 0 fully saturated rings. The third-order valence-electron chi connectivity index (χ3n) is 0.846. The second-order valence-corrected chi connectivity index (χ2v) is 2.37.